The summed E-state index contributed by atoms with van der Waals surface area (Å²) in [4.78, 5) is 0. The van der Waals surface area contributed by atoms with E-state index in [1.807, 2.05) is 0 Å². The number of benzene rings is 1. The summed E-state index contributed by atoms with van der Waals surface area (Å²) >= 11 is 2.06. The average Bonchev–Trinajstić information content (AvgIpc) is 2.73. The van der Waals surface area contributed by atoms with Crippen LogP contribution in [-0.4, -0.2) is 17.5 Å². The molecule has 1 aliphatic rings. The van der Waals surface area contributed by atoms with E-state index in [1.165, 1.54) is 34.6 Å². The van der Waals surface area contributed by atoms with Gasteiger partial charge in [-0.3, -0.25) is 0 Å². The first-order valence-electron chi connectivity index (χ1n) is 5.63. The molecule has 1 aromatic rings. The predicted octanol–water partition coefficient (Wildman–Crippen LogP) is 2.90. The normalized spacial score (nSPS) is 20.8. The molecule has 1 N–H and O–H groups in total. The third-order valence-electron chi connectivity index (χ3n) is 3.23. The minimum absolute atomic E-state index is 0.731. The van der Waals surface area contributed by atoms with E-state index in [4.69, 9.17) is 0 Å². The summed E-state index contributed by atoms with van der Waals surface area (Å²) in [5, 5.41) is 3.65. The number of rotatable bonds is 3. The summed E-state index contributed by atoms with van der Waals surface area (Å²) in [5.41, 5.74) is 4.29. The van der Waals surface area contributed by atoms with Gasteiger partial charge in [0.05, 0.1) is 0 Å². The van der Waals surface area contributed by atoms with E-state index >= 15 is 0 Å². The molecule has 2 heteroatoms. The van der Waals surface area contributed by atoms with Crippen molar-refractivity contribution in [3.8, 4) is 0 Å². The lowest BCUT2D eigenvalue weighted by atomic mass is 10.0. The van der Waals surface area contributed by atoms with Crippen LogP contribution in [0.5, 0.6) is 0 Å². The van der Waals surface area contributed by atoms with Gasteiger partial charge in [0, 0.05) is 18.3 Å². The monoisotopic (exact) mass is 221 g/mol. The Balaban J connectivity index is 1.95. The molecule has 0 aliphatic carbocycles. The number of thioether (sulfide) groups is 1. The first-order valence-corrected chi connectivity index (χ1v) is 6.79. The van der Waals surface area contributed by atoms with Gasteiger partial charge in [-0.25, -0.2) is 0 Å². The molecule has 0 radical (unpaired) electrons. The van der Waals surface area contributed by atoms with Crippen molar-refractivity contribution >= 4 is 11.8 Å². The maximum Gasteiger partial charge on any atom is 0.0211 e. The van der Waals surface area contributed by atoms with Gasteiger partial charge in [0.15, 0.2) is 0 Å². The fourth-order valence-electron chi connectivity index (χ4n) is 1.95. The molecule has 1 nitrogen and oxygen atoms in total. The molecule has 1 aromatic carbocycles. The SMILES string of the molecule is Cc1cccc(CNC2CCSC2)c1C. The zero-order valence-corrected chi connectivity index (χ0v) is 10.4. The Hall–Kier alpha value is -0.470. The first kappa shape index (κ1) is 11.0. The Morgan fingerprint density at radius 2 is 2.27 bits per heavy atom. The molecule has 0 spiro atoms. The lowest BCUT2D eigenvalue weighted by molar-refractivity contribution is 0.556. The Kier molecular flexibility index (Phi) is 3.71. The zero-order valence-electron chi connectivity index (χ0n) is 9.55. The minimum Gasteiger partial charge on any atom is -0.309 e. The van der Waals surface area contributed by atoms with E-state index in [-0.39, 0.29) is 0 Å². The lowest BCUT2D eigenvalue weighted by Gasteiger charge is -2.13. The van der Waals surface area contributed by atoms with Crippen molar-refractivity contribution < 1.29 is 0 Å². The van der Waals surface area contributed by atoms with Crippen LogP contribution < -0.4 is 5.32 Å². The van der Waals surface area contributed by atoms with Crippen molar-refractivity contribution in [2.75, 3.05) is 11.5 Å². The quantitative estimate of drug-likeness (QED) is 0.842. The molecular formula is C13H19NS. The number of hydrogen-bond acceptors (Lipinski definition) is 2. The van der Waals surface area contributed by atoms with Gasteiger partial charge in [-0.15, -0.1) is 0 Å². The number of hydrogen-bond donors (Lipinski definition) is 1. The molecular weight excluding hydrogens is 202 g/mol. The van der Waals surface area contributed by atoms with Crippen molar-refractivity contribution in [3.63, 3.8) is 0 Å². The van der Waals surface area contributed by atoms with Gasteiger partial charge in [0.1, 0.15) is 0 Å². The lowest BCUT2D eigenvalue weighted by Crippen LogP contribution is -2.28. The fraction of sp³-hybridized carbons (Fsp3) is 0.538. The van der Waals surface area contributed by atoms with Crippen LogP contribution in [0.15, 0.2) is 18.2 Å². The maximum absolute atomic E-state index is 3.65. The highest BCUT2D eigenvalue weighted by molar-refractivity contribution is 7.99. The standard InChI is InChI=1S/C13H19NS/c1-10-4-3-5-12(11(10)2)8-14-13-6-7-15-9-13/h3-5,13-14H,6-9H2,1-2H3. The minimum atomic E-state index is 0.731. The van der Waals surface area contributed by atoms with E-state index in [0.29, 0.717) is 0 Å². The van der Waals surface area contributed by atoms with Gasteiger partial charge in [0.2, 0.25) is 0 Å². The van der Waals surface area contributed by atoms with Crippen molar-refractivity contribution in [1.29, 1.82) is 0 Å². The number of nitrogens with one attached hydrogen (secondary N) is 1. The van der Waals surface area contributed by atoms with Gasteiger partial charge < -0.3 is 5.32 Å². The van der Waals surface area contributed by atoms with Crippen molar-refractivity contribution in [2.45, 2.75) is 32.9 Å². The van der Waals surface area contributed by atoms with Gasteiger partial charge in [-0.1, -0.05) is 18.2 Å². The van der Waals surface area contributed by atoms with Crippen LogP contribution in [0.3, 0.4) is 0 Å². The molecule has 1 atom stereocenters. The Morgan fingerprint density at radius 1 is 1.40 bits per heavy atom. The molecule has 1 aliphatic heterocycles. The second-order valence-electron chi connectivity index (χ2n) is 4.30. The van der Waals surface area contributed by atoms with E-state index < -0.39 is 0 Å². The van der Waals surface area contributed by atoms with E-state index in [0.717, 1.165) is 12.6 Å². The Morgan fingerprint density at radius 3 is 3.00 bits per heavy atom. The highest BCUT2D eigenvalue weighted by atomic mass is 32.2. The molecule has 0 aromatic heterocycles. The summed E-state index contributed by atoms with van der Waals surface area (Å²) in [6.07, 6.45) is 1.33. The van der Waals surface area contributed by atoms with Crippen LogP contribution in [0.2, 0.25) is 0 Å². The summed E-state index contributed by atoms with van der Waals surface area (Å²) in [6, 6.07) is 7.31. The molecule has 1 fully saturated rings. The van der Waals surface area contributed by atoms with Gasteiger partial charge in [-0.2, -0.15) is 11.8 Å². The third-order valence-corrected chi connectivity index (χ3v) is 4.39. The van der Waals surface area contributed by atoms with Gasteiger partial charge in [0.25, 0.3) is 0 Å². The molecule has 0 saturated carbocycles. The van der Waals surface area contributed by atoms with Gasteiger partial charge >= 0.3 is 0 Å². The summed E-state index contributed by atoms with van der Waals surface area (Å²) in [7, 11) is 0. The molecule has 15 heavy (non-hydrogen) atoms. The predicted molar refractivity (Wildman–Crippen MR) is 68.5 cm³/mol. The molecule has 1 unspecified atom stereocenters. The van der Waals surface area contributed by atoms with Crippen LogP contribution >= 0.6 is 11.8 Å². The topological polar surface area (TPSA) is 12.0 Å². The average molecular weight is 221 g/mol. The zero-order chi connectivity index (χ0) is 10.7. The second-order valence-corrected chi connectivity index (χ2v) is 5.45. The van der Waals surface area contributed by atoms with E-state index in [2.05, 4.69) is 49.1 Å². The molecule has 0 amide bonds. The molecule has 1 heterocycles. The molecule has 82 valence electrons. The third kappa shape index (κ3) is 2.76. The number of aryl methyl sites for hydroxylation is 1. The fourth-order valence-corrected chi connectivity index (χ4v) is 3.14. The van der Waals surface area contributed by atoms with Crippen molar-refractivity contribution in [3.05, 3.63) is 34.9 Å². The van der Waals surface area contributed by atoms with E-state index in [9.17, 15) is 0 Å². The highest BCUT2D eigenvalue weighted by Gasteiger charge is 2.14. The van der Waals surface area contributed by atoms with E-state index in [1.54, 1.807) is 0 Å². The first-order chi connectivity index (χ1) is 7.27. The van der Waals surface area contributed by atoms with Crippen LogP contribution in [0.4, 0.5) is 0 Å². The largest absolute Gasteiger partial charge is 0.309 e. The van der Waals surface area contributed by atoms with Crippen molar-refractivity contribution in [2.24, 2.45) is 0 Å². The highest BCUT2D eigenvalue weighted by Crippen LogP contribution is 2.18. The van der Waals surface area contributed by atoms with Gasteiger partial charge in [-0.05, 0) is 42.7 Å². The molecule has 1 saturated heterocycles. The summed E-state index contributed by atoms with van der Waals surface area (Å²) in [5.74, 6) is 2.61. The second kappa shape index (κ2) is 5.04. The Labute approximate surface area is 96.7 Å². The molecule has 0 bridgehead atoms. The van der Waals surface area contributed by atoms with Crippen molar-refractivity contribution in [1.82, 2.24) is 5.32 Å². The molecule has 2 rings (SSSR count). The van der Waals surface area contributed by atoms with Crippen LogP contribution in [0.25, 0.3) is 0 Å². The van der Waals surface area contributed by atoms with Crippen LogP contribution in [-0.2, 0) is 6.54 Å². The Bertz CT molecular complexity index is 329. The van der Waals surface area contributed by atoms with Crippen LogP contribution in [0, 0.1) is 13.8 Å². The maximum atomic E-state index is 3.65. The smallest absolute Gasteiger partial charge is 0.0211 e. The summed E-state index contributed by atoms with van der Waals surface area (Å²) in [6.45, 7) is 5.43. The summed E-state index contributed by atoms with van der Waals surface area (Å²) < 4.78 is 0. The van der Waals surface area contributed by atoms with Crippen LogP contribution in [0.1, 0.15) is 23.1 Å².